The molecule has 0 saturated heterocycles. The van der Waals surface area contributed by atoms with Gasteiger partial charge in [-0.25, -0.2) is 9.67 Å². The quantitative estimate of drug-likeness (QED) is 0.275. The molecule has 0 aliphatic carbocycles. The molecule has 3 rings (SSSR count). The lowest BCUT2D eigenvalue weighted by Gasteiger charge is -2.13. The van der Waals surface area contributed by atoms with Crippen molar-refractivity contribution in [3.63, 3.8) is 0 Å². The molecule has 168 valence electrons. The summed E-state index contributed by atoms with van der Waals surface area (Å²) in [5.74, 6) is 0.819. The first-order chi connectivity index (χ1) is 14.4. The van der Waals surface area contributed by atoms with E-state index < -0.39 is 0 Å². The highest BCUT2D eigenvalue weighted by Crippen LogP contribution is 2.18. The van der Waals surface area contributed by atoms with Gasteiger partial charge in [0.05, 0.1) is 23.6 Å². The van der Waals surface area contributed by atoms with Gasteiger partial charge in [-0.15, -0.1) is 24.0 Å². The molecule has 2 aromatic heterocycles. The van der Waals surface area contributed by atoms with Crippen LogP contribution in [0.25, 0.3) is 5.69 Å². The third-order valence-corrected chi connectivity index (χ3v) is 5.31. The molecular weight excluding hydrogens is 501 g/mol. The van der Waals surface area contributed by atoms with E-state index in [9.17, 15) is 0 Å². The minimum atomic E-state index is 0. The van der Waals surface area contributed by atoms with Gasteiger partial charge in [0.2, 0.25) is 0 Å². The van der Waals surface area contributed by atoms with Crippen LogP contribution in [0.5, 0.6) is 0 Å². The van der Waals surface area contributed by atoms with Gasteiger partial charge in [-0.2, -0.15) is 10.2 Å². The predicted molar refractivity (Wildman–Crippen MR) is 138 cm³/mol. The minimum Gasteiger partial charge on any atom is -0.357 e. The summed E-state index contributed by atoms with van der Waals surface area (Å²) < 4.78 is 3.94. The molecule has 7 nitrogen and oxygen atoms in total. The number of para-hydroxylation sites is 1. The van der Waals surface area contributed by atoms with E-state index in [0.29, 0.717) is 6.54 Å². The Labute approximate surface area is 202 Å². The molecule has 0 saturated carbocycles. The molecule has 2 N–H and O–H groups in total. The Balaban J connectivity index is 0.00000341. The van der Waals surface area contributed by atoms with Gasteiger partial charge >= 0.3 is 0 Å². The zero-order chi connectivity index (χ0) is 21.7. The number of guanidine groups is 1. The summed E-state index contributed by atoms with van der Waals surface area (Å²) in [6.45, 7) is 12.6. The molecule has 0 amide bonds. The van der Waals surface area contributed by atoms with Gasteiger partial charge in [-0.05, 0) is 64.3 Å². The van der Waals surface area contributed by atoms with Crippen LogP contribution < -0.4 is 10.6 Å². The van der Waals surface area contributed by atoms with Crippen LogP contribution in [0.1, 0.15) is 40.8 Å². The average Bonchev–Trinajstić information content (AvgIpc) is 3.17. The molecule has 0 aliphatic rings. The van der Waals surface area contributed by atoms with Gasteiger partial charge in [0, 0.05) is 31.5 Å². The van der Waals surface area contributed by atoms with Crippen molar-refractivity contribution in [2.75, 3.05) is 13.1 Å². The number of aliphatic imine (C=N–C) groups is 1. The summed E-state index contributed by atoms with van der Waals surface area (Å²) in [5.41, 5.74) is 7.96. The smallest absolute Gasteiger partial charge is 0.191 e. The lowest BCUT2D eigenvalue weighted by molar-refractivity contribution is 0.729. The average molecular weight is 535 g/mol. The van der Waals surface area contributed by atoms with E-state index in [1.54, 1.807) is 0 Å². The van der Waals surface area contributed by atoms with Crippen molar-refractivity contribution in [1.82, 2.24) is 30.2 Å². The molecule has 0 fully saturated rings. The summed E-state index contributed by atoms with van der Waals surface area (Å²) in [6, 6.07) is 10.4. The Morgan fingerprint density at radius 2 is 1.81 bits per heavy atom. The topological polar surface area (TPSA) is 72.1 Å². The van der Waals surface area contributed by atoms with Crippen LogP contribution in [0.2, 0.25) is 0 Å². The number of benzene rings is 1. The number of halogens is 1. The third kappa shape index (κ3) is 6.09. The highest BCUT2D eigenvalue weighted by molar-refractivity contribution is 14.0. The molecule has 0 aliphatic heterocycles. The van der Waals surface area contributed by atoms with E-state index in [1.165, 1.54) is 11.3 Å². The fourth-order valence-electron chi connectivity index (χ4n) is 3.72. The number of hydrogen-bond acceptors (Lipinski definition) is 3. The molecule has 31 heavy (non-hydrogen) atoms. The summed E-state index contributed by atoms with van der Waals surface area (Å²) in [5, 5.41) is 15.9. The molecule has 1 aromatic carbocycles. The van der Waals surface area contributed by atoms with Crippen LogP contribution in [-0.4, -0.2) is 38.6 Å². The van der Waals surface area contributed by atoms with Crippen LogP contribution in [0.15, 0.2) is 35.3 Å². The molecule has 0 radical (unpaired) electrons. The fourth-order valence-corrected chi connectivity index (χ4v) is 3.72. The van der Waals surface area contributed by atoms with E-state index in [1.807, 2.05) is 35.5 Å². The maximum absolute atomic E-state index is 4.82. The van der Waals surface area contributed by atoms with Crippen LogP contribution in [0.4, 0.5) is 0 Å². The molecule has 0 bridgehead atoms. The molecule has 0 unspecified atom stereocenters. The summed E-state index contributed by atoms with van der Waals surface area (Å²) in [4.78, 5) is 4.82. The van der Waals surface area contributed by atoms with Crippen molar-refractivity contribution in [3.8, 4) is 5.69 Å². The van der Waals surface area contributed by atoms with Crippen LogP contribution >= 0.6 is 24.0 Å². The third-order valence-electron chi connectivity index (χ3n) is 5.31. The lowest BCUT2D eigenvalue weighted by Crippen LogP contribution is -2.38. The van der Waals surface area contributed by atoms with E-state index in [2.05, 4.69) is 66.7 Å². The number of nitrogens with one attached hydrogen (secondary N) is 2. The highest BCUT2D eigenvalue weighted by Gasteiger charge is 2.10. The monoisotopic (exact) mass is 535 g/mol. The van der Waals surface area contributed by atoms with Gasteiger partial charge in [0.25, 0.3) is 0 Å². The second-order valence-corrected chi connectivity index (χ2v) is 7.61. The van der Waals surface area contributed by atoms with Crippen molar-refractivity contribution in [1.29, 1.82) is 0 Å². The van der Waals surface area contributed by atoms with Gasteiger partial charge in [-0.3, -0.25) is 4.68 Å². The number of rotatable bonds is 7. The van der Waals surface area contributed by atoms with Crippen molar-refractivity contribution in [2.24, 2.45) is 12.0 Å². The Morgan fingerprint density at radius 3 is 2.42 bits per heavy atom. The van der Waals surface area contributed by atoms with Crippen LogP contribution in [-0.2, 0) is 20.0 Å². The molecule has 2 heterocycles. The molecule has 3 aromatic rings. The van der Waals surface area contributed by atoms with E-state index in [4.69, 9.17) is 4.99 Å². The second kappa shape index (κ2) is 11.3. The summed E-state index contributed by atoms with van der Waals surface area (Å²) in [6.07, 6.45) is 0.915. The standard InChI is InChI=1S/C23H33N7.HI/c1-7-24-23(25-13-12-21-18(4)28-29(6)19(21)5)26-15-20-10-8-9-11-22(20)30-17(3)14-16(2)27-30;/h8-11,14H,7,12-13,15H2,1-6H3,(H2,24,25,26);1H. The fraction of sp³-hybridized carbons (Fsp3) is 0.435. The molecule has 0 spiro atoms. The normalized spacial score (nSPS) is 11.4. The van der Waals surface area contributed by atoms with E-state index >= 15 is 0 Å². The minimum absolute atomic E-state index is 0. The number of aromatic nitrogens is 4. The van der Waals surface area contributed by atoms with Gasteiger partial charge in [0.15, 0.2) is 5.96 Å². The van der Waals surface area contributed by atoms with Crippen molar-refractivity contribution in [2.45, 2.75) is 47.6 Å². The summed E-state index contributed by atoms with van der Waals surface area (Å²) >= 11 is 0. The van der Waals surface area contributed by atoms with Gasteiger partial charge in [-0.1, -0.05) is 18.2 Å². The summed E-state index contributed by atoms with van der Waals surface area (Å²) in [7, 11) is 1.99. The Morgan fingerprint density at radius 1 is 1.06 bits per heavy atom. The molecular formula is C23H34IN7. The van der Waals surface area contributed by atoms with Crippen LogP contribution in [0.3, 0.4) is 0 Å². The zero-order valence-electron chi connectivity index (χ0n) is 19.4. The SMILES string of the molecule is CCNC(=NCc1ccccc1-n1nc(C)cc1C)NCCc1c(C)nn(C)c1C.I. The van der Waals surface area contributed by atoms with E-state index in [-0.39, 0.29) is 24.0 Å². The first kappa shape index (κ1) is 24.9. The largest absolute Gasteiger partial charge is 0.357 e. The lowest BCUT2D eigenvalue weighted by atomic mass is 10.1. The second-order valence-electron chi connectivity index (χ2n) is 7.61. The highest BCUT2D eigenvalue weighted by atomic mass is 127. The first-order valence-corrected chi connectivity index (χ1v) is 10.5. The first-order valence-electron chi connectivity index (χ1n) is 10.5. The predicted octanol–water partition coefficient (Wildman–Crippen LogP) is 3.76. The Kier molecular flexibility index (Phi) is 9.09. The van der Waals surface area contributed by atoms with Gasteiger partial charge in [0.1, 0.15) is 0 Å². The zero-order valence-corrected chi connectivity index (χ0v) is 21.7. The van der Waals surface area contributed by atoms with Gasteiger partial charge < -0.3 is 10.6 Å². The number of hydrogen-bond donors (Lipinski definition) is 2. The van der Waals surface area contributed by atoms with Crippen molar-refractivity contribution >= 4 is 29.9 Å². The Bertz CT molecular complexity index is 1030. The number of nitrogens with zero attached hydrogens (tertiary/aromatic N) is 5. The van der Waals surface area contributed by atoms with E-state index in [0.717, 1.165) is 53.8 Å². The maximum Gasteiger partial charge on any atom is 0.191 e. The number of aryl methyl sites for hydroxylation is 4. The van der Waals surface area contributed by atoms with Crippen molar-refractivity contribution < 1.29 is 0 Å². The van der Waals surface area contributed by atoms with Crippen molar-refractivity contribution in [3.05, 3.63) is 64.2 Å². The molecule has 8 heteroatoms. The Hall–Kier alpha value is -2.36. The van der Waals surface area contributed by atoms with Crippen LogP contribution in [0, 0.1) is 27.7 Å². The maximum atomic E-state index is 4.82. The molecule has 0 atom stereocenters.